The Labute approximate surface area is 177 Å². The topological polar surface area (TPSA) is 98.9 Å². The molecule has 1 N–H and O–H groups in total. The third kappa shape index (κ3) is 4.76. The van der Waals surface area contributed by atoms with E-state index in [2.05, 4.69) is 15.5 Å². The first-order valence-electron chi connectivity index (χ1n) is 10.1. The highest BCUT2D eigenvalue weighted by Crippen LogP contribution is 2.38. The molecule has 1 amide bonds. The first kappa shape index (κ1) is 20.6. The number of carbonyl (C=O) groups is 1. The molecule has 31 heavy (non-hydrogen) atoms. The van der Waals surface area contributed by atoms with E-state index in [-0.39, 0.29) is 35.9 Å². The van der Waals surface area contributed by atoms with E-state index < -0.39 is 6.04 Å². The number of nitrogens with zero attached hydrogens (tertiary/aromatic N) is 4. The van der Waals surface area contributed by atoms with Gasteiger partial charge in [-0.2, -0.15) is 10.2 Å². The van der Waals surface area contributed by atoms with Crippen LogP contribution in [-0.4, -0.2) is 32.0 Å². The van der Waals surface area contributed by atoms with E-state index in [9.17, 15) is 18.8 Å². The van der Waals surface area contributed by atoms with Crippen LogP contribution in [0.4, 0.5) is 4.39 Å². The van der Waals surface area contributed by atoms with Gasteiger partial charge in [0.1, 0.15) is 11.9 Å². The van der Waals surface area contributed by atoms with Crippen LogP contribution in [0.3, 0.4) is 0 Å². The lowest BCUT2D eigenvalue weighted by Gasteiger charge is -2.15. The lowest BCUT2D eigenvalue weighted by atomic mass is 10.1. The summed E-state index contributed by atoms with van der Waals surface area (Å²) in [5, 5.41) is 11.3. The summed E-state index contributed by atoms with van der Waals surface area (Å²) in [7, 11) is 0. The van der Waals surface area contributed by atoms with E-state index in [1.807, 2.05) is 0 Å². The van der Waals surface area contributed by atoms with Crippen molar-refractivity contribution in [2.75, 3.05) is 6.54 Å². The summed E-state index contributed by atoms with van der Waals surface area (Å²) in [5.74, 6) is -0.358. The molecule has 0 aliphatic heterocycles. The van der Waals surface area contributed by atoms with E-state index in [0.29, 0.717) is 17.2 Å². The van der Waals surface area contributed by atoms with Crippen molar-refractivity contribution < 1.29 is 9.18 Å². The molecule has 3 aromatic rings. The van der Waals surface area contributed by atoms with Gasteiger partial charge in [-0.15, -0.1) is 0 Å². The van der Waals surface area contributed by atoms with Crippen molar-refractivity contribution in [1.29, 1.82) is 0 Å². The smallest absolute Gasteiger partial charge is 0.267 e. The highest BCUT2D eigenvalue weighted by atomic mass is 19.1. The van der Waals surface area contributed by atoms with Crippen LogP contribution in [0.2, 0.25) is 0 Å². The summed E-state index contributed by atoms with van der Waals surface area (Å²) in [5.41, 5.74) is 1.37. The van der Waals surface area contributed by atoms with Crippen molar-refractivity contribution in [3.63, 3.8) is 0 Å². The number of nitrogens with one attached hydrogen (secondary N) is 1. The minimum Gasteiger partial charge on any atom is -0.352 e. The highest BCUT2D eigenvalue weighted by Gasteiger charge is 2.27. The van der Waals surface area contributed by atoms with Crippen molar-refractivity contribution in [2.24, 2.45) is 0 Å². The Morgan fingerprint density at radius 3 is 2.48 bits per heavy atom. The summed E-state index contributed by atoms with van der Waals surface area (Å²) in [6.45, 7) is 1.91. The molecule has 160 valence electrons. The number of benzene rings is 1. The summed E-state index contributed by atoms with van der Waals surface area (Å²) in [6, 6.07) is 11.1. The maximum atomic E-state index is 13.1. The second kappa shape index (κ2) is 8.63. The van der Waals surface area contributed by atoms with Crippen LogP contribution in [0.25, 0.3) is 11.3 Å². The molecule has 8 nitrogen and oxygen atoms in total. The van der Waals surface area contributed by atoms with Crippen LogP contribution in [0.15, 0.2) is 58.1 Å². The molecule has 0 radical (unpaired) electrons. The molecule has 4 rings (SSSR count). The Balaban J connectivity index is 1.41. The van der Waals surface area contributed by atoms with Gasteiger partial charge in [-0.05, 0) is 56.2 Å². The first-order valence-corrected chi connectivity index (χ1v) is 10.1. The van der Waals surface area contributed by atoms with Crippen molar-refractivity contribution in [1.82, 2.24) is 24.9 Å². The van der Waals surface area contributed by atoms with Crippen LogP contribution in [0.1, 0.15) is 37.4 Å². The van der Waals surface area contributed by atoms with Gasteiger partial charge in [-0.1, -0.05) is 0 Å². The molecule has 1 unspecified atom stereocenters. The van der Waals surface area contributed by atoms with E-state index in [1.165, 1.54) is 33.6 Å². The number of halogens is 1. The summed E-state index contributed by atoms with van der Waals surface area (Å²) in [6.07, 6.45) is 2.09. The predicted molar refractivity (Wildman–Crippen MR) is 112 cm³/mol. The van der Waals surface area contributed by atoms with Crippen LogP contribution >= 0.6 is 0 Å². The zero-order valence-electron chi connectivity index (χ0n) is 17.0. The van der Waals surface area contributed by atoms with Crippen LogP contribution in [0.5, 0.6) is 0 Å². The fraction of sp³-hybridized carbons (Fsp3) is 0.318. The molecule has 2 aromatic heterocycles. The van der Waals surface area contributed by atoms with Crippen molar-refractivity contribution >= 4 is 5.91 Å². The second-order valence-electron chi connectivity index (χ2n) is 7.57. The van der Waals surface area contributed by atoms with Crippen molar-refractivity contribution in [2.45, 2.75) is 38.3 Å². The van der Waals surface area contributed by atoms with E-state index >= 15 is 0 Å². The van der Waals surface area contributed by atoms with Crippen LogP contribution in [0, 0.1) is 5.82 Å². The molecule has 0 saturated heterocycles. The molecule has 0 bridgehead atoms. The van der Waals surface area contributed by atoms with Gasteiger partial charge in [0.15, 0.2) is 0 Å². The standard InChI is InChI=1S/C22H22FN5O3/c1-14(28-21(30)11-9-19(26-28)15-2-3-15)22(31)24-12-13-27-20(29)10-8-18(25-27)16-4-6-17(23)7-5-16/h4-11,14-15H,2-3,12-13H2,1H3,(H,24,31). The number of aromatic nitrogens is 4. The van der Waals surface area contributed by atoms with Gasteiger partial charge in [0.25, 0.3) is 11.1 Å². The number of hydrogen-bond donors (Lipinski definition) is 1. The number of hydrogen-bond acceptors (Lipinski definition) is 5. The first-order chi connectivity index (χ1) is 14.9. The SMILES string of the molecule is CC(C(=O)NCCn1nc(-c2ccc(F)cc2)ccc1=O)n1nc(C2CC2)ccc1=O. The average Bonchev–Trinajstić information content (AvgIpc) is 3.61. The van der Waals surface area contributed by atoms with Crippen molar-refractivity contribution in [3.8, 4) is 11.3 Å². The zero-order chi connectivity index (χ0) is 22.0. The van der Waals surface area contributed by atoms with Crippen molar-refractivity contribution in [3.05, 3.63) is 80.7 Å². The summed E-state index contributed by atoms with van der Waals surface area (Å²) in [4.78, 5) is 36.8. The van der Waals surface area contributed by atoms with E-state index in [0.717, 1.165) is 18.5 Å². The molecule has 1 saturated carbocycles. The van der Waals surface area contributed by atoms with E-state index in [4.69, 9.17) is 0 Å². The molecule has 1 aromatic carbocycles. The molecule has 0 spiro atoms. The Morgan fingerprint density at radius 1 is 1.06 bits per heavy atom. The fourth-order valence-electron chi connectivity index (χ4n) is 3.24. The Kier molecular flexibility index (Phi) is 5.75. The van der Waals surface area contributed by atoms with Crippen LogP contribution < -0.4 is 16.4 Å². The molecular formula is C22H22FN5O3. The third-order valence-corrected chi connectivity index (χ3v) is 5.22. The number of amides is 1. The fourth-order valence-corrected chi connectivity index (χ4v) is 3.24. The molecule has 2 heterocycles. The second-order valence-corrected chi connectivity index (χ2v) is 7.57. The number of carbonyl (C=O) groups excluding carboxylic acids is 1. The lowest BCUT2D eigenvalue weighted by Crippen LogP contribution is -2.39. The van der Waals surface area contributed by atoms with Gasteiger partial charge in [-0.25, -0.2) is 13.8 Å². The molecule has 1 aliphatic rings. The van der Waals surface area contributed by atoms with Gasteiger partial charge >= 0.3 is 0 Å². The minimum atomic E-state index is -0.776. The molecule has 1 fully saturated rings. The Hall–Kier alpha value is -3.62. The molecule has 9 heteroatoms. The summed E-state index contributed by atoms with van der Waals surface area (Å²) >= 11 is 0. The maximum Gasteiger partial charge on any atom is 0.267 e. The molecule has 1 aliphatic carbocycles. The average molecular weight is 423 g/mol. The van der Waals surface area contributed by atoms with Gasteiger partial charge in [0.2, 0.25) is 5.91 Å². The number of rotatable bonds is 7. The largest absolute Gasteiger partial charge is 0.352 e. The quantitative estimate of drug-likeness (QED) is 0.625. The normalized spacial score (nSPS) is 14.3. The van der Waals surface area contributed by atoms with E-state index in [1.54, 1.807) is 31.2 Å². The highest BCUT2D eigenvalue weighted by molar-refractivity contribution is 5.79. The molecular weight excluding hydrogens is 401 g/mol. The monoisotopic (exact) mass is 423 g/mol. The van der Waals surface area contributed by atoms with Gasteiger partial charge < -0.3 is 5.32 Å². The van der Waals surface area contributed by atoms with Gasteiger partial charge in [0, 0.05) is 30.2 Å². The Morgan fingerprint density at radius 2 is 1.77 bits per heavy atom. The van der Waals surface area contributed by atoms with Crippen LogP contribution in [-0.2, 0) is 11.3 Å². The zero-order valence-corrected chi connectivity index (χ0v) is 17.0. The minimum absolute atomic E-state index is 0.150. The van der Waals surface area contributed by atoms with Gasteiger partial charge in [0.05, 0.1) is 17.9 Å². The molecule has 1 atom stereocenters. The third-order valence-electron chi connectivity index (χ3n) is 5.22. The predicted octanol–water partition coefficient (Wildman–Crippen LogP) is 1.86. The van der Waals surface area contributed by atoms with Gasteiger partial charge in [-0.3, -0.25) is 14.4 Å². The maximum absolute atomic E-state index is 13.1. The lowest BCUT2D eigenvalue weighted by molar-refractivity contribution is -0.124. The Bertz CT molecular complexity index is 1210. The summed E-state index contributed by atoms with van der Waals surface area (Å²) < 4.78 is 15.6.